The minimum atomic E-state index is 0.0889. The van der Waals surface area contributed by atoms with Crippen molar-refractivity contribution in [3.05, 3.63) is 29.8 Å². The van der Waals surface area contributed by atoms with Crippen molar-refractivity contribution < 1.29 is 9.53 Å². The van der Waals surface area contributed by atoms with Gasteiger partial charge in [-0.05, 0) is 17.7 Å². The number of hydrogen-bond donors (Lipinski definition) is 1. The Labute approximate surface area is 113 Å². The van der Waals surface area contributed by atoms with Gasteiger partial charge < -0.3 is 15.0 Å². The summed E-state index contributed by atoms with van der Waals surface area (Å²) in [6, 6.07) is 8.58. The molecule has 1 aromatic carbocycles. The molecule has 0 saturated carbocycles. The summed E-state index contributed by atoms with van der Waals surface area (Å²) in [7, 11) is 1.69. The van der Waals surface area contributed by atoms with Crippen LogP contribution in [0.4, 0.5) is 4.79 Å². The number of piperazine rings is 1. The largest absolute Gasteiger partial charge is 0.497 e. The molecule has 2 fully saturated rings. The molecule has 3 rings (SSSR count). The Kier molecular flexibility index (Phi) is 3.29. The van der Waals surface area contributed by atoms with Gasteiger partial charge in [-0.25, -0.2) is 4.79 Å². The topological polar surface area (TPSA) is 44.8 Å². The van der Waals surface area contributed by atoms with Gasteiger partial charge in [-0.2, -0.15) is 0 Å². The molecule has 0 aliphatic carbocycles. The number of carbonyl (C=O) groups excluding carboxylic acids is 1. The first-order valence-corrected chi connectivity index (χ1v) is 6.66. The fourth-order valence-electron chi connectivity index (χ4n) is 2.84. The van der Waals surface area contributed by atoms with Crippen LogP contribution in [0, 0.1) is 0 Å². The molecule has 1 atom stereocenters. The van der Waals surface area contributed by atoms with Crippen LogP contribution >= 0.6 is 0 Å². The zero-order valence-corrected chi connectivity index (χ0v) is 11.1. The number of fused-ring (bicyclic) bond motifs is 1. The maximum absolute atomic E-state index is 11.5. The maximum Gasteiger partial charge on any atom is 0.317 e. The Hall–Kier alpha value is -1.75. The van der Waals surface area contributed by atoms with Gasteiger partial charge in [0, 0.05) is 32.7 Å². The lowest BCUT2D eigenvalue weighted by Gasteiger charge is -2.36. The van der Waals surface area contributed by atoms with Crippen LogP contribution in [-0.2, 0) is 6.54 Å². The molecule has 0 bridgehead atoms. The van der Waals surface area contributed by atoms with Gasteiger partial charge in [-0.1, -0.05) is 12.1 Å². The van der Waals surface area contributed by atoms with Crippen molar-refractivity contribution in [3.8, 4) is 5.75 Å². The first kappa shape index (κ1) is 12.3. The van der Waals surface area contributed by atoms with E-state index in [2.05, 4.69) is 22.3 Å². The molecule has 0 aromatic heterocycles. The van der Waals surface area contributed by atoms with Gasteiger partial charge >= 0.3 is 6.03 Å². The standard InChI is InChI=1S/C14H19N3O2/c1-19-13-4-2-3-11(7-13)9-16-5-6-17-12(10-16)8-15-14(17)18/h2-4,7,12H,5-6,8-10H2,1H3,(H,15,18). The Balaban J connectivity index is 1.63. The van der Waals surface area contributed by atoms with Crippen LogP contribution in [0.5, 0.6) is 5.75 Å². The summed E-state index contributed by atoms with van der Waals surface area (Å²) in [5.41, 5.74) is 1.25. The van der Waals surface area contributed by atoms with Crippen LogP contribution in [0.3, 0.4) is 0 Å². The van der Waals surface area contributed by atoms with Crippen molar-refractivity contribution in [1.29, 1.82) is 0 Å². The highest BCUT2D eigenvalue weighted by Gasteiger charge is 2.35. The minimum Gasteiger partial charge on any atom is -0.497 e. The average Bonchev–Trinajstić information content (AvgIpc) is 2.80. The molecule has 2 heterocycles. The zero-order valence-electron chi connectivity index (χ0n) is 11.1. The van der Waals surface area contributed by atoms with Gasteiger partial charge in [0.15, 0.2) is 0 Å². The average molecular weight is 261 g/mol. The molecule has 0 spiro atoms. The third-order valence-corrected chi connectivity index (χ3v) is 3.86. The molecule has 1 aromatic rings. The monoisotopic (exact) mass is 261 g/mol. The lowest BCUT2D eigenvalue weighted by atomic mass is 10.1. The smallest absolute Gasteiger partial charge is 0.317 e. The van der Waals surface area contributed by atoms with Crippen LogP contribution in [0.25, 0.3) is 0 Å². The fraction of sp³-hybridized carbons (Fsp3) is 0.500. The molecule has 2 aliphatic rings. The second kappa shape index (κ2) is 5.09. The number of rotatable bonds is 3. The maximum atomic E-state index is 11.5. The Bertz CT molecular complexity index is 478. The molecule has 1 N–H and O–H groups in total. The first-order valence-electron chi connectivity index (χ1n) is 6.66. The summed E-state index contributed by atoms with van der Waals surface area (Å²) in [4.78, 5) is 15.9. The van der Waals surface area contributed by atoms with Gasteiger partial charge in [0.1, 0.15) is 5.75 Å². The van der Waals surface area contributed by atoms with E-state index in [0.717, 1.165) is 38.5 Å². The molecule has 0 radical (unpaired) electrons. The van der Waals surface area contributed by atoms with E-state index in [1.165, 1.54) is 5.56 Å². The number of hydrogen-bond acceptors (Lipinski definition) is 3. The number of methoxy groups -OCH3 is 1. The predicted molar refractivity (Wildman–Crippen MR) is 72.2 cm³/mol. The van der Waals surface area contributed by atoms with Crippen molar-refractivity contribution >= 4 is 6.03 Å². The van der Waals surface area contributed by atoms with Crippen LogP contribution < -0.4 is 10.1 Å². The lowest BCUT2D eigenvalue weighted by molar-refractivity contribution is 0.116. The second-order valence-electron chi connectivity index (χ2n) is 5.12. The van der Waals surface area contributed by atoms with Gasteiger partial charge in [-0.15, -0.1) is 0 Å². The number of urea groups is 1. The van der Waals surface area contributed by atoms with Crippen LogP contribution in [0.1, 0.15) is 5.56 Å². The molecule has 1 unspecified atom stereocenters. The number of ether oxygens (including phenoxy) is 1. The van der Waals surface area contributed by atoms with Crippen LogP contribution in [-0.4, -0.2) is 55.2 Å². The van der Waals surface area contributed by atoms with E-state index in [9.17, 15) is 4.79 Å². The summed E-state index contributed by atoms with van der Waals surface area (Å²) < 4.78 is 5.25. The summed E-state index contributed by atoms with van der Waals surface area (Å²) in [5, 5.41) is 2.90. The molecular weight excluding hydrogens is 242 g/mol. The van der Waals surface area contributed by atoms with Gasteiger partial charge in [0.2, 0.25) is 0 Å². The highest BCUT2D eigenvalue weighted by atomic mass is 16.5. The van der Waals surface area contributed by atoms with Crippen LogP contribution in [0.2, 0.25) is 0 Å². The van der Waals surface area contributed by atoms with E-state index in [0.29, 0.717) is 6.04 Å². The summed E-state index contributed by atoms with van der Waals surface area (Å²) in [6.45, 7) is 4.38. The molecule has 2 aliphatic heterocycles. The van der Waals surface area contributed by atoms with Crippen molar-refractivity contribution in [3.63, 3.8) is 0 Å². The quantitative estimate of drug-likeness (QED) is 0.879. The number of nitrogens with one attached hydrogen (secondary N) is 1. The van der Waals surface area contributed by atoms with E-state index in [1.807, 2.05) is 17.0 Å². The lowest BCUT2D eigenvalue weighted by Crippen LogP contribution is -2.51. The van der Waals surface area contributed by atoms with E-state index in [1.54, 1.807) is 7.11 Å². The molecule has 5 heteroatoms. The summed E-state index contributed by atoms with van der Waals surface area (Å²) >= 11 is 0. The van der Waals surface area contributed by atoms with Gasteiger partial charge in [-0.3, -0.25) is 4.90 Å². The number of carbonyl (C=O) groups is 1. The summed E-state index contributed by atoms with van der Waals surface area (Å²) in [5.74, 6) is 0.897. The number of amides is 2. The van der Waals surface area contributed by atoms with Gasteiger partial charge in [0.05, 0.1) is 13.2 Å². The van der Waals surface area contributed by atoms with E-state index < -0.39 is 0 Å². The number of nitrogens with zero attached hydrogens (tertiary/aromatic N) is 2. The second-order valence-corrected chi connectivity index (χ2v) is 5.12. The van der Waals surface area contributed by atoms with Crippen molar-refractivity contribution in [2.45, 2.75) is 12.6 Å². The Morgan fingerprint density at radius 2 is 2.32 bits per heavy atom. The molecule has 19 heavy (non-hydrogen) atoms. The van der Waals surface area contributed by atoms with E-state index in [4.69, 9.17) is 4.74 Å². The van der Waals surface area contributed by atoms with Crippen molar-refractivity contribution in [2.24, 2.45) is 0 Å². The van der Waals surface area contributed by atoms with E-state index in [-0.39, 0.29) is 6.03 Å². The normalized spacial score (nSPS) is 23.1. The fourth-order valence-corrected chi connectivity index (χ4v) is 2.84. The Morgan fingerprint density at radius 1 is 1.42 bits per heavy atom. The van der Waals surface area contributed by atoms with E-state index >= 15 is 0 Å². The Morgan fingerprint density at radius 3 is 3.16 bits per heavy atom. The third kappa shape index (κ3) is 2.51. The summed E-state index contributed by atoms with van der Waals surface area (Å²) in [6.07, 6.45) is 0. The third-order valence-electron chi connectivity index (χ3n) is 3.86. The first-order chi connectivity index (χ1) is 9.26. The van der Waals surface area contributed by atoms with Crippen LogP contribution in [0.15, 0.2) is 24.3 Å². The zero-order chi connectivity index (χ0) is 13.2. The molecule has 5 nitrogen and oxygen atoms in total. The number of benzene rings is 1. The van der Waals surface area contributed by atoms with Gasteiger partial charge in [0.25, 0.3) is 0 Å². The molecule has 2 amide bonds. The minimum absolute atomic E-state index is 0.0889. The SMILES string of the molecule is COc1cccc(CN2CCN3C(=O)NCC3C2)c1. The molecule has 102 valence electrons. The molecule has 2 saturated heterocycles. The predicted octanol–water partition coefficient (Wildman–Crippen LogP) is 0.905. The van der Waals surface area contributed by atoms with Crippen molar-refractivity contribution in [1.82, 2.24) is 15.1 Å². The van der Waals surface area contributed by atoms with Crippen molar-refractivity contribution in [2.75, 3.05) is 33.3 Å². The highest BCUT2D eigenvalue weighted by molar-refractivity contribution is 5.77. The molecular formula is C14H19N3O2. The highest BCUT2D eigenvalue weighted by Crippen LogP contribution is 2.18.